The molecule has 0 spiro atoms. The average Bonchev–Trinajstić information content (AvgIpc) is 3.44. The lowest BCUT2D eigenvalue weighted by Gasteiger charge is -2.11. The quantitative estimate of drug-likeness (QED) is 0.496. The maximum Gasteiger partial charge on any atom is 0.337 e. The zero-order chi connectivity index (χ0) is 22.0. The second-order valence-electron chi connectivity index (χ2n) is 7.55. The summed E-state index contributed by atoms with van der Waals surface area (Å²) in [5.74, 6) is -1.79. The highest BCUT2D eigenvalue weighted by Gasteiger charge is 2.23. The Morgan fingerprint density at radius 2 is 1.81 bits per heavy atom. The molecule has 1 fully saturated rings. The van der Waals surface area contributed by atoms with Crippen molar-refractivity contribution in [3.05, 3.63) is 59.3 Å². The van der Waals surface area contributed by atoms with Crippen molar-refractivity contribution in [2.24, 2.45) is 5.92 Å². The van der Waals surface area contributed by atoms with Crippen molar-refractivity contribution in [2.75, 3.05) is 10.6 Å². The number of aromatic carboxylic acids is 1. The fourth-order valence-corrected chi connectivity index (χ4v) is 3.89. The molecule has 0 atom stereocenters. The van der Waals surface area contributed by atoms with Crippen molar-refractivity contribution in [3.8, 4) is 6.07 Å². The molecule has 0 radical (unpaired) electrons. The molecule has 4 rings (SSSR count). The number of amides is 2. The van der Waals surface area contributed by atoms with Gasteiger partial charge in [0.15, 0.2) is 0 Å². The van der Waals surface area contributed by atoms with Gasteiger partial charge in [0.25, 0.3) is 5.91 Å². The Hall–Kier alpha value is -4.12. The van der Waals surface area contributed by atoms with Gasteiger partial charge < -0.3 is 20.7 Å². The Balaban J connectivity index is 1.59. The van der Waals surface area contributed by atoms with Gasteiger partial charge in [-0.3, -0.25) is 9.59 Å². The number of fused-ring (bicyclic) bond motifs is 1. The first-order valence-corrected chi connectivity index (χ1v) is 9.97. The molecule has 1 heterocycles. The van der Waals surface area contributed by atoms with E-state index in [1.165, 1.54) is 18.2 Å². The summed E-state index contributed by atoms with van der Waals surface area (Å²) in [6.07, 6.45) is 3.89. The highest BCUT2D eigenvalue weighted by atomic mass is 16.4. The lowest BCUT2D eigenvalue weighted by atomic mass is 10.1. The molecule has 2 aromatic carbocycles. The number of nitrogens with one attached hydrogen (secondary N) is 3. The second kappa shape index (κ2) is 8.32. The van der Waals surface area contributed by atoms with E-state index in [2.05, 4.69) is 15.6 Å². The molecule has 1 aromatic heterocycles. The summed E-state index contributed by atoms with van der Waals surface area (Å²) in [5, 5.41) is 24.6. The summed E-state index contributed by atoms with van der Waals surface area (Å²) in [6.45, 7) is 0. The van der Waals surface area contributed by atoms with Crippen LogP contribution in [0.2, 0.25) is 0 Å². The van der Waals surface area contributed by atoms with Crippen LogP contribution in [0.4, 0.5) is 11.4 Å². The summed E-state index contributed by atoms with van der Waals surface area (Å²) in [7, 11) is 0. The smallest absolute Gasteiger partial charge is 0.337 e. The number of nitrogens with zero attached hydrogens (tertiary/aromatic N) is 1. The average molecular weight is 416 g/mol. The fraction of sp³-hybridized carbons (Fsp3) is 0.217. The fourth-order valence-electron chi connectivity index (χ4n) is 3.89. The number of carboxylic acid groups (broad SMARTS) is 1. The third kappa shape index (κ3) is 4.12. The van der Waals surface area contributed by atoms with E-state index >= 15 is 0 Å². The van der Waals surface area contributed by atoms with Gasteiger partial charge in [0.05, 0.1) is 34.1 Å². The van der Waals surface area contributed by atoms with E-state index in [0.717, 1.165) is 31.1 Å². The SMILES string of the molecule is N#Cc1ccc(NC(=O)c2cc3cccc(NC(=O)C4CCCC4)c3[nH]2)c(C(=O)O)c1. The molecule has 8 heteroatoms. The van der Waals surface area contributed by atoms with Crippen LogP contribution in [0.3, 0.4) is 0 Å². The van der Waals surface area contributed by atoms with Gasteiger partial charge in [0.2, 0.25) is 5.91 Å². The lowest BCUT2D eigenvalue weighted by Crippen LogP contribution is -2.20. The number of para-hydroxylation sites is 1. The molecule has 1 aliphatic carbocycles. The maximum absolute atomic E-state index is 12.8. The van der Waals surface area contributed by atoms with E-state index in [1.54, 1.807) is 18.2 Å². The molecule has 0 bridgehead atoms. The van der Waals surface area contributed by atoms with Crippen LogP contribution < -0.4 is 10.6 Å². The number of hydrogen-bond donors (Lipinski definition) is 4. The highest BCUT2D eigenvalue weighted by Crippen LogP contribution is 2.29. The summed E-state index contributed by atoms with van der Waals surface area (Å²) >= 11 is 0. The van der Waals surface area contributed by atoms with Gasteiger partial charge >= 0.3 is 5.97 Å². The van der Waals surface area contributed by atoms with E-state index in [9.17, 15) is 19.5 Å². The minimum Gasteiger partial charge on any atom is -0.478 e. The van der Waals surface area contributed by atoms with Crippen LogP contribution in [0.25, 0.3) is 10.9 Å². The van der Waals surface area contributed by atoms with Crippen LogP contribution in [0.1, 0.15) is 52.1 Å². The Morgan fingerprint density at radius 3 is 2.52 bits per heavy atom. The van der Waals surface area contributed by atoms with E-state index in [4.69, 9.17) is 5.26 Å². The van der Waals surface area contributed by atoms with Gasteiger partial charge in [-0.25, -0.2) is 4.79 Å². The van der Waals surface area contributed by atoms with Gasteiger partial charge in [-0.1, -0.05) is 25.0 Å². The van der Waals surface area contributed by atoms with Crippen molar-refractivity contribution in [2.45, 2.75) is 25.7 Å². The van der Waals surface area contributed by atoms with E-state index in [1.807, 2.05) is 12.1 Å². The van der Waals surface area contributed by atoms with Gasteiger partial charge in [-0.15, -0.1) is 0 Å². The number of aromatic amines is 1. The van der Waals surface area contributed by atoms with Crippen molar-refractivity contribution in [1.29, 1.82) is 5.26 Å². The minimum atomic E-state index is -1.25. The van der Waals surface area contributed by atoms with Gasteiger partial charge in [0, 0.05) is 11.3 Å². The minimum absolute atomic E-state index is 0.0128. The highest BCUT2D eigenvalue weighted by molar-refractivity contribution is 6.10. The summed E-state index contributed by atoms with van der Waals surface area (Å²) in [4.78, 5) is 39.8. The molecule has 0 unspecified atom stereocenters. The number of hydrogen-bond acceptors (Lipinski definition) is 4. The Kier molecular flexibility index (Phi) is 5.41. The van der Waals surface area contributed by atoms with Crippen LogP contribution in [0, 0.1) is 17.2 Å². The summed E-state index contributed by atoms with van der Waals surface area (Å²) in [6, 6.07) is 12.9. The molecule has 31 heavy (non-hydrogen) atoms. The molecule has 156 valence electrons. The van der Waals surface area contributed by atoms with E-state index in [0.29, 0.717) is 11.2 Å². The summed E-state index contributed by atoms with van der Waals surface area (Å²) in [5.41, 5.74) is 1.54. The molecule has 8 nitrogen and oxygen atoms in total. The largest absolute Gasteiger partial charge is 0.478 e. The third-order valence-corrected chi connectivity index (χ3v) is 5.51. The zero-order valence-corrected chi connectivity index (χ0v) is 16.6. The van der Waals surface area contributed by atoms with Crippen molar-refractivity contribution in [3.63, 3.8) is 0 Å². The number of carboxylic acids is 1. The van der Waals surface area contributed by atoms with E-state index in [-0.39, 0.29) is 34.3 Å². The number of rotatable bonds is 5. The van der Waals surface area contributed by atoms with Gasteiger partial charge in [0.1, 0.15) is 5.69 Å². The molecule has 4 N–H and O–H groups in total. The molecular weight excluding hydrogens is 396 g/mol. The number of carbonyl (C=O) groups excluding carboxylic acids is 2. The number of benzene rings is 2. The molecule has 1 saturated carbocycles. The normalized spacial score (nSPS) is 13.6. The predicted molar refractivity (Wildman–Crippen MR) is 115 cm³/mol. The number of carbonyl (C=O) groups is 3. The predicted octanol–water partition coefficient (Wildman–Crippen LogP) is 4.12. The molecular formula is C23H20N4O4. The van der Waals surface area contributed by atoms with Gasteiger partial charge in [-0.2, -0.15) is 5.26 Å². The third-order valence-electron chi connectivity index (χ3n) is 5.51. The Bertz CT molecular complexity index is 1230. The van der Waals surface area contributed by atoms with Crippen molar-refractivity contribution < 1.29 is 19.5 Å². The second-order valence-corrected chi connectivity index (χ2v) is 7.55. The van der Waals surface area contributed by atoms with Crippen molar-refractivity contribution >= 4 is 40.1 Å². The monoisotopic (exact) mass is 416 g/mol. The van der Waals surface area contributed by atoms with Crippen LogP contribution in [-0.4, -0.2) is 27.9 Å². The lowest BCUT2D eigenvalue weighted by molar-refractivity contribution is -0.119. The van der Waals surface area contributed by atoms with Crippen LogP contribution in [0.15, 0.2) is 42.5 Å². The molecule has 0 aliphatic heterocycles. The standard InChI is InChI=1S/C23H20N4O4/c24-12-13-8-9-17(16(10-13)23(30)31)26-22(29)19-11-15-6-3-7-18(20(15)25-19)27-21(28)14-4-1-2-5-14/h3,6-11,14,25H,1-2,4-5H2,(H,26,29)(H,27,28)(H,30,31). The Labute approximate surface area is 177 Å². The zero-order valence-electron chi connectivity index (χ0n) is 16.6. The molecule has 1 aliphatic rings. The van der Waals surface area contributed by atoms with Crippen LogP contribution in [-0.2, 0) is 4.79 Å². The number of aromatic nitrogens is 1. The number of nitriles is 1. The maximum atomic E-state index is 12.8. The molecule has 3 aromatic rings. The van der Waals surface area contributed by atoms with Crippen molar-refractivity contribution in [1.82, 2.24) is 4.98 Å². The van der Waals surface area contributed by atoms with Crippen LogP contribution in [0.5, 0.6) is 0 Å². The first-order valence-electron chi connectivity index (χ1n) is 9.97. The first kappa shape index (κ1) is 20.2. The topological polar surface area (TPSA) is 135 Å². The van der Waals surface area contributed by atoms with Crippen LogP contribution >= 0.6 is 0 Å². The van der Waals surface area contributed by atoms with E-state index < -0.39 is 11.9 Å². The molecule has 2 amide bonds. The van der Waals surface area contributed by atoms with Gasteiger partial charge in [-0.05, 0) is 43.2 Å². The summed E-state index contributed by atoms with van der Waals surface area (Å²) < 4.78 is 0. The first-order chi connectivity index (χ1) is 15.0. The number of anilines is 2. The number of H-pyrrole nitrogens is 1. The Morgan fingerprint density at radius 1 is 1.03 bits per heavy atom. The molecule has 0 saturated heterocycles.